The van der Waals surface area contributed by atoms with Crippen LogP contribution in [-0.2, 0) is 10.8 Å². The third-order valence-electron chi connectivity index (χ3n) is 9.60. The van der Waals surface area contributed by atoms with E-state index in [2.05, 4.69) is 133 Å². The van der Waals surface area contributed by atoms with Gasteiger partial charge >= 0.3 is 0 Å². The van der Waals surface area contributed by atoms with Crippen molar-refractivity contribution in [1.82, 2.24) is 0 Å². The van der Waals surface area contributed by atoms with Crippen LogP contribution >= 0.6 is 0 Å². The van der Waals surface area contributed by atoms with Crippen molar-refractivity contribution in [1.29, 1.82) is 0 Å². The average molecular weight is 578 g/mol. The number of anilines is 3. The van der Waals surface area contributed by atoms with Crippen LogP contribution in [0.2, 0.25) is 0 Å². The molecule has 5 aromatic carbocycles. The van der Waals surface area contributed by atoms with Crippen molar-refractivity contribution < 1.29 is 4.42 Å². The maximum absolute atomic E-state index is 14.1. The van der Waals surface area contributed by atoms with Gasteiger partial charge in [0.1, 0.15) is 11.2 Å². The summed E-state index contributed by atoms with van der Waals surface area (Å²) in [5, 5.41) is 1.23. The third kappa shape index (κ3) is 4.29. The Bertz CT molecular complexity index is 2110. The first-order valence-electron chi connectivity index (χ1n) is 15.5. The zero-order valence-corrected chi connectivity index (χ0v) is 26.9. The Morgan fingerprint density at radius 2 is 0.977 bits per heavy atom. The summed E-state index contributed by atoms with van der Waals surface area (Å²) in [4.78, 5) is 16.4. The van der Waals surface area contributed by atoms with Gasteiger partial charge < -0.3 is 9.32 Å². The van der Waals surface area contributed by atoms with Gasteiger partial charge in [0, 0.05) is 34.0 Å². The Kier molecular flexibility index (Phi) is 6.20. The quantitative estimate of drug-likeness (QED) is 0.196. The molecule has 0 amide bonds. The molecule has 7 rings (SSSR count). The normalized spacial score (nSPS) is 14.8. The number of hydrogen-bond acceptors (Lipinski definition) is 3. The van der Waals surface area contributed by atoms with Crippen molar-refractivity contribution in [3.63, 3.8) is 0 Å². The summed E-state index contributed by atoms with van der Waals surface area (Å²) in [6.07, 6.45) is 0. The summed E-state index contributed by atoms with van der Waals surface area (Å²) in [6, 6.07) is 32.1. The number of benzene rings is 5. The smallest absolute Gasteiger partial charge is 0.200 e. The molecule has 0 atom stereocenters. The molecule has 0 N–H and O–H groups in total. The van der Waals surface area contributed by atoms with Gasteiger partial charge in [0.15, 0.2) is 0 Å². The number of fused-ring (bicyclic) bond motifs is 4. The van der Waals surface area contributed by atoms with E-state index in [1.807, 2.05) is 18.2 Å². The predicted molar refractivity (Wildman–Crippen MR) is 184 cm³/mol. The average Bonchev–Trinajstić information content (AvgIpc) is 2.95. The molecule has 44 heavy (non-hydrogen) atoms. The van der Waals surface area contributed by atoms with Gasteiger partial charge in [0.25, 0.3) is 0 Å². The van der Waals surface area contributed by atoms with Gasteiger partial charge in [-0.15, -0.1) is 0 Å². The Morgan fingerprint density at radius 3 is 1.50 bits per heavy atom. The Labute approximate surface area is 259 Å². The van der Waals surface area contributed by atoms with Crippen LogP contribution in [0.25, 0.3) is 21.9 Å². The number of nitrogens with zero attached hydrogens (tertiary/aromatic N) is 1. The maximum atomic E-state index is 14.1. The van der Waals surface area contributed by atoms with Crippen LogP contribution in [-0.4, -0.2) is 0 Å². The first-order chi connectivity index (χ1) is 20.8. The topological polar surface area (TPSA) is 33.5 Å². The molecule has 1 aliphatic carbocycles. The van der Waals surface area contributed by atoms with Gasteiger partial charge in [-0.25, -0.2) is 0 Å². The van der Waals surface area contributed by atoms with Crippen molar-refractivity contribution >= 4 is 39.0 Å². The van der Waals surface area contributed by atoms with Gasteiger partial charge in [-0.2, -0.15) is 0 Å². The van der Waals surface area contributed by atoms with Gasteiger partial charge in [-0.3, -0.25) is 4.79 Å². The van der Waals surface area contributed by atoms with E-state index in [1.54, 1.807) is 0 Å². The summed E-state index contributed by atoms with van der Waals surface area (Å²) >= 11 is 0. The summed E-state index contributed by atoms with van der Waals surface area (Å²) in [5.74, 6) is 0. The van der Waals surface area contributed by atoms with Crippen LogP contribution in [0.4, 0.5) is 17.1 Å². The SMILES string of the molecule is Cc1cc(C)cc(N(c2cc(C)cc(C)c2)c2ccc3c(=O)c4cc5c(cc4oc3c2)C(C)(C)c2ccccc2C5(C)C)c1. The lowest BCUT2D eigenvalue weighted by molar-refractivity contribution is 0.520. The number of rotatable bonds is 3. The highest BCUT2D eigenvalue weighted by atomic mass is 16.3. The minimum Gasteiger partial charge on any atom is -0.456 e. The Hall–Kier alpha value is -4.63. The summed E-state index contributed by atoms with van der Waals surface area (Å²) in [6.45, 7) is 17.6. The van der Waals surface area contributed by atoms with Crippen LogP contribution in [0.3, 0.4) is 0 Å². The molecule has 1 aliphatic rings. The fourth-order valence-corrected chi connectivity index (χ4v) is 7.53. The Balaban J connectivity index is 1.47. The Morgan fingerprint density at radius 1 is 0.500 bits per heavy atom. The molecule has 0 bridgehead atoms. The molecule has 1 aromatic heterocycles. The van der Waals surface area contributed by atoms with E-state index in [0.29, 0.717) is 21.9 Å². The lowest BCUT2D eigenvalue weighted by Crippen LogP contribution is -2.36. The van der Waals surface area contributed by atoms with Crippen molar-refractivity contribution in [2.24, 2.45) is 0 Å². The maximum Gasteiger partial charge on any atom is 0.200 e. The van der Waals surface area contributed by atoms with Crippen molar-refractivity contribution in [2.75, 3.05) is 4.90 Å². The first kappa shape index (κ1) is 28.2. The van der Waals surface area contributed by atoms with E-state index in [4.69, 9.17) is 4.42 Å². The molecule has 0 saturated heterocycles. The standard InChI is InChI=1S/C41H39NO2/c1-24-15-25(2)18-29(17-24)42(30-19-26(3)16-27(4)20-30)28-13-14-31-37(21-28)44-38-23-36-35(22-32(38)39(31)43)40(5,6)33-11-9-10-12-34(33)41(36,7)8/h9-23H,1-8H3. The molecule has 220 valence electrons. The summed E-state index contributed by atoms with van der Waals surface area (Å²) in [7, 11) is 0. The first-order valence-corrected chi connectivity index (χ1v) is 15.5. The van der Waals surface area contributed by atoms with Crippen LogP contribution < -0.4 is 10.3 Å². The number of hydrogen-bond donors (Lipinski definition) is 0. The molecule has 0 aliphatic heterocycles. The zero-order valence-electron chi connectivity index (χ0n) is 26.9. The van der Waals surface area contributed by atoms with Gasteiger partial charge in [0.2, 0.25) is 5.43 Å². The zero-order chi connectivity index (χ0) is 31.1. The highest BCUT2D eigenvalue weighted by Gasteiger charge is 2.42. The molecule has 1 heterocycles. The molecule has 0 fully saturated rings. The highest BCUT2D eigenvalue weighted by molar-refractivity contribution is 5.94. The van der Waals surface area contributed by atoms with Crippen LogP contribution in [0.15, 0.2) is 100 Å². The fourth-order valence-electron chi connectivity index (χ4n) is 7.53. The van der Waals surface area contributed by atoms with Crippen LogP contribution in [0.5, 0.6) is 0 Å². The van der Waals surface area contributed by atoms with E-state index in [-0.39, 0.29) is 16.3 Å². The fraction of sp³-hybridized carbons (Fsp3) is 0.244. The second-order valence-corrected chi connectivity index (χ2v) is 13.8. The second-order valence-electron chi connectivity index (χ2n) is 13.8. The lowest BCUT2D eigenvalue weighted by atomic mass is 9.60. The van der Waals surface area contributed by atoms with Crippen molar-refractivity contribution in [3.05, 3.63) is 146 Å². The monoisotopic (exact) mass is 577 g/mol. The van der Waals surface area contributed by atoms with Gasteiger partial charge in [-0.1, -0.05) is 64.1 Å². The molecule has 0 unspecified atom stereocenters. The minimum atomic E-state index is -0.237. The largest absolute Gasteiger partial charge is 0.456 e. The summed E-state index contributed by atoms with van der Waals surface area (Å²) < 4.78 is 6.67. The molecule has 0 saturated carbocycles. The molecule has 3 heteroatoms. The molecule has 0 spiro atoms. The highest BCUT2D eigenvalue weighted by Crippen LogP contribution is 2.50. The summed E-state index contributed by atoms with van der Waals surface area (Å²) in [5.41, 5.74) is 13.7. The van der Waals surface area contributed by atoms with Gasteiger partial charge in [0.05, 0.1) is 10.8 Å². The van der Waals surface area contributed by atoms with E-state index in [0.717, 1.165) is 17.1 Å². The van der Waals surface area contributed by atoms with E-state index < -0.39 is 0 Å². The van der Waals surface area contributed by atoms with E-state index >= 15 is 0 Å². The van der Waals surface area contributed by atoms with E-state index in [9.17, 15) is 4.79 Å². The molecular formula is C41H39NO2. The predicted octanol–water partition coefficient (Wildman–Crippen LogP) is 10.6. The van der Waals surface area contributed by atoms with Crippen molar-refractivity contribution in [2.45, 2.75) is 66.2 Å². The van der Waals surface area contributed by atoms with Crippen LogP contribution in [0, 0.1) is 27.7 Å². The lowest BCUT2D eigenvalue weighted by Gasteiger charge is -2.43. The molecule has 0 radical (unpaired) electrons. The second kappa shape index (κ2) is 9.69. The molecular weight excluding hydrogens is 538 g/mol. The number of aryl methyl sites for hydroxylation is 4. The molecule has 3 nitrogen and oxygen atoms in total. The third-order valence-corrected chi connectivity index (χ3v) is 9.60. The van der Waals surface area contributed by atoms with Gasteiger partial charge in [-0.05, 0) is 121 Å². The van der Waals surface area contributed by atoms with Crippen molar-refractivity contribution in [3.8, 4) is 0 Å². The van der Waals surface area contributed by atoms with E-state index in [1.165, 1.54) is 44.5 Å². The minimum absolute atomic E-state index is 0.00687. The van der Waals surface area contributed by atoms with Crippen LogP contribution in [0.1, 0.15) is 72.2 Å². The molecule has 6 aromatic rings.